The Labute approximate surface area is 186 Å². The van der Waals surface area contributed by atoms with Gasteiger partial charge in [0.1, 0.15) is 5.78 Å². The molecule has 0 atom stereocenters. The van der Waals surface area contributed by atoms with Gasteiger partial charge in [0.2, 0.25) is 16.0 Å². The number of aryl methyl sites for hydroxylation is 1. The maximum absolute atomic E-state index is 11.8. The number of amidine groups is 1. The van der Waals surface area contributed by atoms with Gasteiger partial charge in [0.05, 0.1) is 24.2 Å². The van der Waals surface area contributed by atoms with Gasteiger partial charge in [0.15, 0.2) is 0 Å². The van der Waals surface area contributed by atoms with Gasteiger partial charge >= 0.3 is 0 Å². The largest absolute Gasteiger partial charge is 0.387 e. The van der Waals surface area contributed by atoms with Crippen LogP contribution in [0, 0.1) is 5.41 Å². The highest BCUT2D eigenvalue weighted by Gasteiger charge is 2.07. The number of Topliss-reactive ketones (excluding diaryl/α,β-unsaturated/α-hetero) is 1. The Morgan fingerprint density at radius 3 is 2.41 bits per heavy atom. The number of aromatic nitrogens is 2. The molecule has 0 aliphatic carbocycles. The third kappa shape index (κ3) is 7.17. The lowest BCUT2D eigenvalue weighted by molar-refractivity contribution is -0.117. The summed E-state index contributed by atoms with van der Waals surface area (Å²) in [6, 6.07) is 14.6. The van der Waals surface area contributed by atoms with Crippen LogP contribution in [0.25, 0.3) is 11.1 Å². The number of benzene rings is 2. The zero-order valence-electron chi connectivity index (χ0n) is 17.5. The van der Waals surface area contributed by atoms with Crippen LogP contribution in [0.1, 0.15) is 18.4 Å². The van der Waals surface area contributed by atoms with Crippen LogP contribution in [-0.2, 0) is 21.2 Å². The van der Waals surface area contributed by atoms with E-state index < -0.39 is 10.0 Å². The molecule has 0 aliphatic rings. The highest BCUT2D eigenvalue weighted by Crippen LogP contribution is 2.22. The summed E-state index contributed by atoms with van der Waals surface area (Å²) in [7, 11) is -3.36. The fourth-order valence-electron chi connectivity index (χ4n) is 3.04. The molecule has 0 saturated carbocycles. The molecule has 0 saturated heterocycles. The van der Waals surface area contributed by atoms with Crippen LogP contribution < -0.4 is 15.8 Å². The molecule has 32 heavy (non-hydrogen) atoms. The summed E-state index contributed by atoms with van der Waals surface area (Å²) in [4.78, 5) is 20.5. The first-order chi connectivity index (χ1) is 15.2. The van der Waals surface area contributed by atoms with E-state index in [9.17, 15) is 13.2 Å². The molecule has 0 fully saturated rings. The van der Waals surface area contributed by atoms with Crippen LogP contribution in [0.4, 0.5) is 17.3 Å². The van der Waals surface area contributed by atoms with Gasteiger partial charge in [-0.2, -0.15) is 0 Å². The van der Waals surface area contributed by atoms with Crippen molar-refractivity contribution in [2.75, 3.05) is 16.3 Å². The summed E-state index contributed by atoms with van der Waals surface area (Å²) in [5.74, 6) is 0.196. The molecule has 5 N–H and O–H groups in total. The van der Waals surface area contributed by atoms with E-state index in [1.54, 1.807) is 36.7 Å². The monoisotopic (exact) mass is 452 g/mol. The maximum atomic E-state index is 11.8. The van der Waals surface area contributed by atoms with Crippen molar-refractivity contribution >= 4 is 39.0 Å². The Morgan fingerprint density at radius 2 is 1.72 bits per heavy atom. The molecule has 1 aromatic heterocycles. The third-order valence-electron chi connectivity index (χ3n) is 4.41. The Balaban J connectivity index is 1.66. The molecule has 3 rings (SSSR count). The summed E-state index contributed by atoms with van der Waals surface area (Å²) >= 11 is 0. The molecule has 0 radical (unpaired) electrons. The second-order valence-corrected chi connectivity index (χ2v) is 9.06. The van der Waals surface area contributed by atoms with Gasteiger partial charge in [0.25, 0.3) is 0 Å². The van der Waals surface area contributed by atoms with Crippen molar-refractivity contribution in [3.63, 3.8) is 0 Å². The van der Waals surface area contributed by atoms with E-state index in [-0.39, 0.29) is 18.0 Å². The van der Waals surface area contributed by atoms with E-state index in [4.69, 9.17) is 11.1 Å². The van der Waals surface area contributed by atoms with Crippen LogP contribution >= 0.6 is 0 Å². The number of nitrogens with one attached hydrogen (secondary N) is 3. The second kappa shape index (κ2) is 10.0. The zero-order chi connectivity index (χ0) is 23.1. The molecule has 2 aromatic carbocycles. The lowest BCUT2D eigenvalue weighted by Gasteiger charge is -2.09. The first-order valence-corrected chi connectivity index (χ1v) is 11.7. The number of ketones is 1. The fraction of sp³-hybridized carbons (Fsp3) is 0.182. The molecule has 0 unspecified atom stereocenters. The molecule has 3 aromatic rings. The lowest BCUT2D eigenvalue weighted by atomic mass is 10.0. The minimum atomic E-state index is -3.36. The quantitative estimate of drug-likeness (QED) is 0.272. The Bertz CT molecular complexity index is 1230. The number of anilines is 3. The van der Waals surface area contributed by atoms with Gasteiger partial charge in [-0.25, -0.2) is 18.4 Å². The Hall–Kier alpha value is -3.79. The number of rotatable bonds is 10. The summed E-state index contributed by atoms with van der Waals surface area (Å²) in [5, 5.41) is 10.2. The molecule has 0 bridgehead atoms. The van der Waals surface area contributed by atoms with Crippen LogP contribution in [-0.4, -0.2) is 36.3 Å². The van der Waals surface area contributed by atoms with Crippen LogP contribution in [0.3, 0.4) is 0 Å². The van der Waals surface area contributed by atoms with Gasteiger partial charge < -0.3 is 11.1 Å². The van der Waals surface area contributed by atoms with Gasteiger partial charge in [-0.3, -0.25) is 14.9 Å². The van der Waals surface area contributed by atoms with Crippen molar-refractivity contribution in [1.29, 1.82) is 5.41 Å². The summed E-state index contributed by atoms with van der Waals surface area (Å²) in [6.07, 6.45) is 5.35. The number of nitrogens with two attached hydrogens (primary N) is 1. The van der Waals surface area contributed by atoms with Crippen molar-refractivity contribution in [1.82, 2.24) is 9.97 Å². The predicted molar refractivity (Wildman–Crippen MR) is 126 cm³/mol. The van der Waals surface area contributed by atoms with Crippen LogP contribution in [0.15, 0.2) is 60.9 Å². The highest BCUT2D eigenvalue weighted by molar-refractivity contribution is 7.92. The van der Waals surface area contributed by atoms with Crippen molar-refractivity contribution < 1.29 is 13.2 Å². The smallest absolute Gasteiger partial charge is 0.229 e. The lowest BCUT2D eigenvalue weighted by Crippen LogP contribution is -2.15. The molecule has 0 amide bonds. The number of hydrogen-bond donors (Lipinski definition) is 4. The van der Waals surface area contributed by atoms with E-state index in [0.29, 0.717) is 30.2 Å². The summed E-state index contributed by atoms with van der Waals surface area (Å²) in [5.41, 5.74) is 9.09. The van der Waals surface area contributed by atoms with Crippen molar-refractivity contribution in [3.8, 4) is 11.1 Å². The molecule has 0 spiro atoms. The molecule has 1 heterocycles. The summed E-state index contributed by atoms with van der Waals surface area (Å²) < 4.78 is 25.2. The summed E-state index contributed by atoms with van der Waals surface area (Å²) in [6.45, 7) is 0. The van der Waals surface area contributed by atoms with Crippen molar-refractivity contribution in [2.45, 2.75) is 19.3 Å². The average molecular weight is 453 g/mol. The predicted octanol–water partition coefficient (Wildman–Crippen LogP) is 3.09. The van der Waals surface area contributed by atoms with Crippen molar-refractivity contribution in [2.24, 2.45) is 5.73 Å². The van der Waals surface area contributed by atoms with E-state index in [2.05, 4.69) is 20.0 Å². The number of sulfonamides is 1. The Kier molecular flexibility index (Phi) is 7.16. The molecular weight excluding hydrogens is 428 g/mol. The molecule has 166 valence electrons. The van der Waals surface area contributed by atoms with Gasteiger partial charge in [-0.05, 0) is 35.7 Å². The van der Waals surface area contributed by atoms with Gasteiger partial charge in [0, 0.05) is 30.1 Å². The number of carbonyl (C=O) groups is 1. The van der Waals surface area contributed by atoms with E-state index >= 15 is 0 Å². The highest BCUT2D eigenvalue weighted by atomic mass is 32.2. The number of carbonyl (C=O) groups excluding carboxylic acids is 1. The zero-order valence-corrected chi connectivity index (χ0v) is 18.3. The van der Waals surface area contributed by atoms with E-state index in [1.807, 2.05) is 24.3 Å². The third-order valence-corrected chi connectivity index (χ3v) is 5.02. The van der Waals surface area contributed by atoms with E-state index in [1.165, 1.54) is 0 Å². The maximum Gasteiger partial charge on any atom is 0.229 e. The minimum absolute atomic E-state index is 0.0186. The van der Waals surface area contributed by atoms with Gasteiger partial charge in [-0.1, -0.05) is 30.3 Å². The van der Waals surface area contributed by atoms with Crippen LogP contribution in [0.2, 0.25) is 0 Å². The molecule has 10 heteroatoms. The molecule has 9 nitrogen and oxygen atoms in total. The van der Waals surface area contributed by atoms with Gasteiger partial charge in [-0.15, -0.1) is 0 Å². The topological polar surface area (TPSA) is 151 Å². The minimum Gasteiger partial charge on any atom is -0.387 e. The second-order valence-electron chi connectivity index (χ2n) is 7.32. The van der Waals surface area contributed by atoms with Crippen LogP contribution in [0.5, 0.6) is 0 Å². The first-order valence-electron chi connectivity index (χ1n) is 9.79. The van der Waals surface area contributed by atoms with E-state index in [0.717, 1.165) is 22.9 Å². The number of hydrogen-bond acceptors (Lipinski definition) is 7. The normalized spacial score (nSPS) is 11.0. The fourth-order valence-corrected chi connectivity index (χ4v) is 3.59. The standard InChI is InChI=1S/C22H24N6O3S/c1-32(30,31)28-19-7-3-6-18(11-19)27-22-25-13-17(14-26-22)16-5-2-4-15(10-16)8-9-20(29)12-21(23)24/h2-7,10-11,13-14,28H,8-9,12H2,1H3,(H3,23,24)(H,25,26,27). The first kappa shape index (κ1) is 22.9. The average Bonchev–Trinajstić information content (AvgIpc) is 2.72. The Morgan fingerprint density at radius 1 is 1.03 bits per heavy atom. The number of nitrogens with zero attached hydrogens (tertiary/aromatic N) is 2. The molecule has 0 aliphatic heterocycles. The SMILES string of the molecule is CS(=O)(=O)Nc1cccc(Nc2ncc(-c3cccc(CCC(=O)CC(=N)N)c3)cn2)c1. The van der Waals surface area contributed by atoms with Crippen molar-refractivity contribution in [3.05, 3.63) is 66.5 Å². The molecular formula is C22H24N6O3S.